The highest BCUT2D eigenvalue weighted by Gasteiger charge is 2.37. The van der Waals surface area contributed by atoms with Gasteiger partial charge in [0.15, 0.2) is 0 Å². The van der Waals surface area contributed by atoms with E-state index in [-0.39, 0.29) is 24.3 Å². The van der Waals surface area contributed by atoms with Crippen LogP contribution in [0.15, 0.2) is 22.7 Å². The Hall–Kier alpha value is -1.07. The molecule has 1 aromatic rings. The van der Waals surface area contributed by atoms with Gasteiger partial charge in [0, 0.05) is 10.2 Å². The minimum absolute atomic E-state index is 0.0201. The third-order valence-corrected chi connectivity index (χ3v) is 4.27. The SMILES string of the molecule is CC(C)C1C(=O)NCC(=O)N1c1ccc(Br)c(Cl)c1. The number of carbonyl (C=O) groups is 2. The summed E-state index contributed by atoms with van der Waals surface area (Å²) in [6.45, 7) is 3.85. The maximum Gasteiger partial charge on any atom is 0.247 e. The van der Waals surface area contributed by atoms with E-state index >= 15 is 0 Å². The van der Waals surface area contributed by atoms with Crippen LogP contribution in [0.2, 0.25) is 5.02 Å². The largest absolute Gasteiger partial charge is 0.345 e. The van der Waals surface area contributed by atoms with Crippen molar-refractivity contribution in [2.45, 2.75) is 19.9 Å². The molecular weight excluding hydrogens is 332 g/mol. The van der Waals surface area contributed by atoms with E-state index in [0.717, 1.165) is 4.47 Å². The number of nitrogens with zero attached hydrogens (tertiary/aromatic N) is 1. The van der Waals surface area contributed by atoms with Gasteiger partial charge in [0.25, 0.3) is 0 Å². The standard InChI is InChI=1S/C13H14BrClN2O2/c1-7(2)12-13(19)16-6-11(18)17(12)8-3-4-9(14)10(15)5-8/h3-5,7,12H,6H2,1-2H3,(H,16,19). The first kappa shape index (κ1) is 14.3. The molecule has 4 nitrogen and oxygen atoms in total. The highest BCUT2D eigenvalue weighted by Crippen LogP contribution is 2.30. The molecule has 0 bridgehead atoms. The molecule has 0 aliphatic carbocycles. The summed E-state index contributed by atoms with van der Waals surface area (Å²) in [7, 11) is 0. The zero-order valence-corrected chi connectivity index (χ0v) is 13.0. The van der Waals surface area contributed by atoms with Crippen LogP contribution in [0.25, 0.3) is 0 Å². The Labute approximate surface area is 125 Å². The van der Waals surface area contributed by atoms with Crippen molar-refractivity contribution in [1.82, 2.24) is 5.32 Å². The molecule has 1 aliphatic rings. The van der Waals surface area contributed by atoms with Crippen LogP contribution < -0.4 is 10.2 Å². The molecule has 1 fully saturated rings. The van der Waals surface area contributed by atoms with Gasteiger partial charge < -0.3 is 5.32 Å². The number of hydrogen-bond acceptors (Lipinski definition) is 2. The fourth-order valence-electron chi connectivity index (χ4n) is 2.17. The molecule has 19 heavy (non-hydrogen) atoms. The molecule has 2 rings (SSSR count). The van der Waals surface area contributed by atoms with Crippen LogP contribution in [0.4, 0.5) is 5.69 Å². The van der Waals surface area contributed by atoms with Gasteiger partial charge >= 0.3 is 0 Å². The second-order valence-corrected chi connectivity index (χ2v) is 6.03. The van der Waals surface area contributed by atoms with Gasteiger partial charge in [-0.1, -0.05) is 25.4 Å². The van der Waals surface area contributed by atoms with E-state index in [1.54, 1.807) is 18.2 Å². The van der Waals surface area contributed by atoms with Crippen molar-refractivity contribution in [1.29, 1.82) is 0 Å². The van der Waals surface area contributed by atoms with Crippen LogP contribution in [0.3, 0.4) is 0 Å². The van der Waals surface area contributed by atoms with E-state index in [1.807, 2.05) is 13.8 Å². The molecule has 1 aliphatic heterocycles. The Morgan fingerprint density at radius 1 is 1.42 bits per heavy atom. The Balaban J connectivity index is 2.45. The summed E-state index contributed by atoms with van der Waals surface area (Å²) in [5.41, 5.74) is 0.645. The second kappa shape index (κ2) is 5.51. The molecule has 2 amide bonds. The number of benzene rings is 1. The van der Waals surface area contributed by atoms with Crippen molar-refractivity contribution in [3.8, 4) is 0 Å². The molecule has 1 N–H and O–H groups in total. The number of carbonyl (C=O) groups excluding carboxylic acids is 2. The maximum absolute atomic E-state index is 12.1. The quantitative estimate of drug-likeness (QED) is 0.895. The zero-order chi connectivity index (χ0) is 14.2. The molecule has 0 aromatic heterocycles. The van der Waals surface area contributed by atoms with Crippen LogP contribution in [-0.2, 0) is 9.59 Å². The van der Waals surface area contributed by atoms with E-state index in [9.17, 15) is 9.59 Å². The van der Waals surface area contributed by atoms with Crippen LogP contribution >= 0.6 is 27.5 Å². The Morgan fingerprint density at radius 3 is 2.68 bits per heavy atom. The Kier molecular flexibility index (Phi) is 4.16. The van der Waals surface area contributed by atoms with Crippen molar-refractivity contribution in [2.24, 2.45) is 5.92 Å². The minimum Gasteiger partial charge on any atom is -0.345 e. The van der Waals surface area contributed by atoms with E-state index < -0.39 is 6.04 Å². The smallest absolute Gasteiger partial charge is 0.247 e. The molecular formula is C13H14BrClN2O2. The zero-order valence-electron chi connectivity index (χ0n) is 10.6. The molecule has 1 aromatic carbocycles. The van der Waals surface area contributed by atoms with Gasteiger partial charge in [0.05, 0.1) is 11.6 Å². The van der Waals surface area contributed by atoms with Gasteiger partial charge in [-0.2, -0.15) is 0 Å². The lowest BCUT2D eigenvalue weighted by molar-refractivity contribution is -0.131. The van der Waals surface area contributed by atoms with E-state index in [4.69, 9.17) is 11.6 Å². The number of halogens is 2. The van der Waals surface area contributed by atoms with Crippen molar-refractivity contribution >= 4 is 45.0 Å². The first-order valence-electron chi connectivity index (χ1n) is 5.96. The summed E-state index contributed by atoms with van der Waals surface area (Å²) < 4.78 is 0.757. The second-order valence-electron chi connectivity index (χ2n) is 4.77. The molecule has 1 atom stereocenters. The average molecular weight is 346 g/mol. The van der Waals surface area contributed by atoms with Crippen molar-refractivity contribution < 1.29 is 9.59 Å². The summed E-state index contributed by atoms with van der Waals surface area (Å²) in [6, 6.07) is 4.74. The number of amides is 2. The van der Waals surface area contributed by atoms with Gasteiger partial charge in [-0.15, -0.1) is 0 Å². The average Bonchev–Trinajstić information content (AvgIpc) is 2.35. The van der Waals surface area contributed by atoms with Gasteiger partial charge in [-0.05, 0) is 40.0 Å². The number of piperazine rings is 1. The fraction of sp³-hybridized carbons (Fsp3) is 0.385. The van der Waals surface area contributed by atoms with Crippen molar-refractivity contribution in [3.63, 3.8) is 0 Å². The third-order valence-electron chi connectivity index (χ3n) is 3.04. The number of hydrogen-bond donors (Lipinski definition) is 1. The summed E-state index contributed by atoms with van der Waals surface area (Å²) >= 11 is 9.37. The van der Waals surface area contributed by atoms with Gasteiger partial charge in [0.2, 0.25) is 11.8 Å². The van der Waals surface area contributed by atoms with Crippen LogP contribution in [-0.4, -0.2) is 24.4 Å². The molecule has 0 saturated carbocycles. The van der Waals surface area contributed by atoms with Crippen molar-refractivity contribution in [3.05, 3.63) is 27.7 Å². The number of rotatable bonds is 2. The lowest BCUT2D eigenvalue weighted by Gasteiger charge is -2.37. The molecule has 1 heterocycles. The Bertz CT molecular complexity index is 533. The molecule has 0 radical (unpaired) electrons. The summed E-state index contributed by atoms with van der Waals surface area (Å²) in [5.74, 6) is -0.239. The third kappa shape index (κ3) is 2.77. The van der Waals surface area contributed by atoms with Crippen LogP contribution in [0.1, 0.15) is 13.8 Å². The predicted octanol–water partition coefficient (Wildman–Crippen LogP) is 2.59. The van der Waals surface area contributed by atoms with Crippen LogP contribution in [0.5, 0.6) is 0 Å². The molecule has 1 saturated heterocycles. The first-order valence-corrected chi connectivity index (χ1v) is 7.13. The Morgan fingerprint density at radius 2 is 2.11 bits per heavy atom. The minimum atomic E-state index is -0.501. The highest BCUT2D eigenvalue weighted by atomic mass is 79.9. The van der Waals surface area contributed by atoms with E-state index in [2.05, 4.69) is 21.2 Å². The van der Waals surface area contributed by atoms with E-state index in [1.165, 1.54) is 4.90 Å². The fourth-order valence-corrected chi connectivity index (χ4v) is 2.59. The lowest BCUT2D eigenvalue weighted by Crippen LogP contribution is -2.60. The number of anilines is 1. The number of nitrogens with one attached hydrogen (secondary N) is 1. The summed E-state index contributed by atoms with van der Waals surface area (Å²) in [6.07, 6.45) is 0. The maximum atomic E-state index is 12.1. The first-order chi connectivity index (χ1) is 8.91. The molecule has 102 valence electrons. The monoisotopic (exact) mass is 344 g/mol. The lowest BCUT2D eigenvalue weighted by atomic mass is 9.98. The molecule has 0 spiro atoms. The normalized spacial score (nSPS) is 19.8. The van der Waals surface area contributed by atoms with Gasteiger partial charge in [-0.25, -0.2) is 0 Å². The highest BCUT2D eigenvalue weighted by molar-refractivity contribution is 9.10. The molecule has 6 heteroatoms. The van der Waals surface area contributed by atoms with Crippen LogP contribution in [0, 0.1) is 5.92 Å². The van der Waals surface area contributed by atoms with E-state index in [0.29, 0.717) is 10.7 Å². The topological polar surface area (TPSA) is 49.4 Å². The summed E-state index contributed by atoms with van der Waals surface area (Å²) in [5, 5.41) is 3.13. The molecule has 1 unspecified atom stereocenters. The van der Waals surface area contributed by atoms with Gasteiger partial charge in [-0.3, -0.25) is 14.5 Å². The van der Waals surface area contributed by atoms with Gasteiger partial charge in [0.1, 0.15) is 6.04 Å². The predicted molar refractivity (Wildman–Crippen MR) is 78.3 cm³/mol. The van der Waals surface area contributed by atoms with Crippen molar-refractivity contribution in [2.75, 3.05) is 11.4 Å². The summed E-state index contributed by atoms with van der Waals surface area (Å²) in [4.78, 5) is 25.6.